The third-order valence-electron chi connectivity index (χ3n) is 2.26. The highest BCUT2D eigenvalue weighted by atomic mass is 16.1. The van der Waals surface area contributed by atoms with E-state index >= 15 is 0 Å². The molecule has 0 aliphatic rings. The number of hydrogen-bond donors (Lipinski definition) is 1. The monoisotopic (exact) mass is 210 g/mol. The van der Waals surface area contributed by atoms with Gasteiger partial charge in [-0.3, -0.25) is 4.79 Å². The summed E-state index contributed by atoms with van der Waals surface area (Å²) in [4.78, 5) is 11.8. The molecule has 0 saturated heterocycles. The summed E-state index contributed by atoms with van der Waals surface area (Å²) in [5.41, 5.74) is 2.53. The highest BCUT2D eigenvalue weighted by Crippen LogP contribution is 2.09. The van der Waals surface area contributed by atoms with Gasteiger partial charge in [-0.1, -0.05) is 29.8 Å². The largest absolute Gasteiger partial charge is 0.322 e. The maximum absolute atomic E-state index is 11.8. The van der Waals surface area contributed by atoms with Crippen LogP contribution in [0.2, 0.25) is 0 Å². The highest BCUT2D eigenvalue weighted by Gasteiger charge is 2.04. The van der Waals surface area contributed by atoms with Crippen LogP contribution in [-0.2, 0) is 0 Å². The second kappa shape index (κ2) is 4.62. The lowest BCUT2D eigenvalue weighted by molar-refractivity contribution is 0.102. The number of carbonyl (C=O) groups excluding carboxylic acids is 1. The zero-order valence-corrected chi connectivity index (χ0v) is 9.03. The van der Waals surface area contributed by atoms with E-state index in [1.807, 2.05) is 37.3 Å². The smallest absolute Gasteiger partial charge is 0.255 e. The quantitative estimate of drug-likeness (QED) is 0.811. The number of anilines is 1. The van der Waals surface area contributed by atoms with Gasteiger partial charge in [0, 0.05) is 11.3 Å². The molecule has 0 aliphatic heterocycles. The maximum atomic E-state index is 11.8. The number of carbonyl (C=O) groups is 1. The van der Waals surface area contributed by atoms with Crippen LogP contribution in [0.25, 0.3) is 0 Å². The summed E-state index contributed by atoms with van der Waals surface area (Å²) in [6.07, 6.45) is 0. The van der Waals surface area contributed by atoms with Gasteiger partial charge in [-0.25, -0.2) is 0 Å². The van der Waals surface area contributed by atoms with Crippen molar-refractivity contribution >= 4 is 11.6 Å². The van der Waals surface area contributed by atoms with Crippen molar-refractivity contribution in [2.24, 2.45) is 0 Å². The van der Waals surface area contributed by atoms with E-state index in [0.29, 0.717) is 5.56 Å². The van der Waals surface area contributed by atoms with Crippen LogP contribution in [0.1, 0.15) is 15.9 Å². The van der Waals surface area contributed by atoms with Crippen LogP contribution in [0.3, 0.4) is 0 Å². The summed E-state index contributed by atoms with van der Waals surface area (Å²) in [6.45, 7) is 1.97. The van der Waals surface area contributed by atoms with Gasteiger partial charge in [0.15, 0.2) is 0 Å². The predicted octanol–water partition coefficient (Wildman–Crippen LogP) is 3.05. The molecule has 0 aromatic heterocycles. The molecule has 2 heteroatoms. The Bertz CT molecular complexity index is 491. The van der Waals surface area contributed by atoms with E-state index in [2.05, 4.69) is 11.4 Å². The predicted molar refractivity (Wildman–Crippen MR) is 64.4 cm³/mol. The molecule has 2 aromatic carbocycles. The standard InChI is InChI=1S/C14H12NO/c1-11-6-5-7-12(10-11)14(16)15-13-8-3-2-4-9-13/h3-10H,1H3,(H,15,16). The fourth-order valence-electron chi connectivity index (χ4n) is 1.46. The van der Waals surface area contributed by atoms with Crippen LogP contribution < -0.4 is 5.32 Å². The second-order valence-corrected chi connectivity index (χ2v) is 3.61. The Labute approximate surface area is 94.9 Å². The maximum Gasteiger partial charge on any atom is 0.255 e. The minimum atomic E-state index is -0.0881. The van der Waals surface area contributed by atoms with E-state index < -0.39 is 0 Å². The van der Waals surface area contributed by atoms with E-state index in [1.54, 1.807) is 18.2 Å². The molecule has 0 fully saturated rings. The molecule has 1 N–H and O–H groups in total. The van der Waals surface area contributed by atoms with Gasteiger partial charge in [-0.15, -0.1) is 0 Å². The lowest BCUT2D eigenvalue weighted by Crippen LogP contribution is -2.11. The Balaban J connectivity index is 2.15. The van der Waals surface area contributed by atoms with Crippen LogP contribution in [-0.4, -0.2) is 5.91 Å². The number of nitrogens with one attached hydrogen (secondary N) is 1. The number of hydrogen-bond acceptors (Lipinski definition) is 1. The lowest BCUT2D eigenvalue weighted by atomic mass is 10.1. The second-order valence-electron chi connectivity index (χ2n) is 3.61. The zero-order chi connectivity index (χ0) is 11.4. The molecule has 0 unspecified atom stereocenters. The first kappa shape index (κ1) is 10.4. The molecular weight excluding hydrogens is 198 g/mol. The molecule has 0 spiro atoms. The van der Waals surface area contributed by atoms with Crippen LogP contribution in [0, 0.1) is 13.0 Å². The molecule has 2 rings (SSSR count). The third-order valence-corrected chi connectivity index (χ3v) is 2.26. The van der Waals surface area contributed by atoms with Crippen LogP contribution >= 0.6 is 0 Å². The molecule has 0 heterocycles. The van der Waals surface area contributed by atoms with Gasteiger partial charge in [-0.05, 0) is 37.3 Å². The van der Waals surface area contributed by atoms with Gasteiger partial charge in [0.05, 0.1) is 0 Å². The Morgan fingerprint density at radius 1 is 1.19 bits per heavy atom. The van der Waals surface area contributed by atoms with Crippen molar-refractivity contribution in [2.75, 3.05) is 5.32 Å². The van der Waals surface area contributed by atoms with Crippen molar-refractivity contribution in [1.29, 1.82) is 0 Å². The topological polar surface area (TPSA) is 29.1 Å². The SMILES string of the molecule is Cc1cccc(C(=O)Nc2cc[c]cc2)c1. The van der Waals surface area contributed by atoms with Crippen molar-refractivity contribution in [3.8, 4) is 0 Å². The molecule has 1 amide bonds. The van der Waals surface area contributed by atoms with Gasteiger partial charge in [0.25, 0.3) is 5.91 Å². The van der Waals surface area contributed by atoms with Crippen molar-refractivity contribution in [1.82, 2.24) is 0 Å². The average Bonchev–Trinajstić information content (AvgIpc) is 2.30. The summed E-state index contributed by atoms with van der Waals surface area (Å²) in [6, 6.07) is 17.6. The van der Waals surface area contributed by atoms with Crippen LogP contribution in [0.4, 0.5) is 5.69 Å². The fraction of sp³-hybridized carbons (Fsp3) is 0.0714. The molecular formula is C14H12NO. The lowest BCUT2D eigenvalue weighted by Gasteiger charge is -2.05. The molecule has 1 radical (unpaired) electrons. The van der Waals surface area contributed by atoms with E-state index in [0.717, 1.165) is 11.3 Å². The van der Waals surface area contributed by atoms with Crippen molar-refractivity contribution in [3.63, 3.8) is 0 Å². The number of benzene rings is 2. The average molecular weight is 210 g/mol. The molecule has 0 saturated carbocycles. The molecule has 0 aliphatic carbocycles. The normalized spacial score (nSPS) is 9.81. The number of amides is 1. The molecule has 79 valence electrons. The van der Waals surface area contributed by atoms with Gasteiger partial charge < -0.3 is 5.32 Å². The zero-order valence-electron chi connectivity index (χ0n) is 9.03. The molecule has 0 bridgehead atoms. The molecule has 0 atom stereocenters. The van der Waals surface area contributed by atoms with Crippen molar-refractivity contribution in [3.05, 3.63) is 65.7 Å². The van der Waals surface area contributed by atoms with Gasteiger partial charge in [0.1, 0.15) is 0 Å². The summed E-state index contributed by atoms with van der Waals surface area (Å²) >= 11 is 0. The van der Waals surface area contributed by atoms with Gasteiger partial charge >= 0.3 is 0 Å². The fourth-order valence-corrected chi connectivity index (χ4v) is 1.46. The first-order valence-corrected chi connectivity index (χ1v) is 5.10. The van der Waals surface area contributed by atoms with Crippen molar-refractivity contribution < 1.29 is 4.79 Å². The Hall–Kier alpha value is -2.09. The third kappa shape index (κ3) is 2.48. The highest BCUT2D eigenvalue weighted by molar-refractivity contribution is 6.04. The molecule has 2 nitrogen and oxygen atoms in total. The number of aryl methyl sites for hydroxylation is 1. The van der Waals surface area contributed by atoms with Crippen molar-refractivity contribution in [2.45, 2.75) is 6.92 Å². The number of rotatable bonds is 2. The summed E-state index contributed by atoms with van der Waals surface area (Å²) in [5, 5.41) is 2.83. The minimum absolute atomic E-state index is 0.0881. The van der Waals surface area contributed by atoms with E-state index in [4.69, 9.17) is 0 Å². The van der Waals surface area contributed by atoms with E-state index in [1.165, 1.54) is 0 Å². The Morgan fingerprint density at radius 3 is 2.62 bits per heavy atom. The van der Waals surface area contributed by atoms with Gasteiger partial charge in [0.2, 0.25) is 0 Å². The summed E-state index contributed by atoms with van der Waals surface area (Å²) < 4.78 is 0. The van der Waals surface area contributed by atoms with Crippen LogP contribution in [0.15, 0.2) is 48.5 Å². The van der Waals surface area contributed by atoms with Crippen LogP contribution in [0.5, 0.6) is 0 Å². The molecule has 16 heavy (non-hydrogen) atoms. The Kier molecular flexibility index (Phi) is 3.01. The van der Waals surface area contributed by atoms with Gasteiger partial charge in [-0.2, -0.15) is 0 Å². The minimum Gasteiger partial charge on any atom is -0.322 e. The molecule has 2 aromatic rings. The Morgan fingerprint density at radius 2 is 1.94 bits per heavy atom. The summed E-state index contributed by atoms with van der Waals surface area (Å²) in [5.74, 6) is -0.0881. The first-order chi connectivity index (χ1) is 7.75. The van der Waals surface area contributed by atoms with E-state index in [9.17, 15) is 4.79 Å². The summed E-state index contributed by atoms with van der Waals surface area (Å²) in [7, 11) is 0. The first-order valence-electron chi connectivity index (χ1n) is 5.10. The van der Waals surface area contributed by atoms with E-state index in [-0.39, 0.29) is 5.91 Å².